The summed E-state index contributed by atoms with van der Waals surface area (Å²) in [5, 5.41) is 2.93. The molecule has 1 aliphatic rings. The van der Waals surface area contributed by atoms with Crippen LogP contribution in [0.25, 0.3) is 0 Å². The molecule has 5 nitrogen and oxygen atoms in total. The van der Waals surface area contributed by atoms with Crippen molar-refractivity contribution in [1.82, 2.24) is 4.90 Å². The molecule has 1 aromatic carbocycles. The summed E-state index contributed by atoms with van der Waals surface area (Å²) in [6.07, 6.45) is 1.07. The van der Waals surface area contributed by atoms with Crippen molar-refractivity contribution in [2.45, 2.75) is 26.7 Å². The number of piperidine rings is 1. The van der Waals surface area contributed by atoms with Gasteiger partial charge in [0.1, 0.15) is 0 Å². The Balaban J connectivity index is 1.83. The van der Waals surface area contributed by atoms with Crippen LogP contribution in [0, 0.1) is 12.8 Å². The van der Waals surface area contributed by atoms with Crippen LogP contribution in [0.15, 0.2) is 24.3 Å². The van der Waals surface area contributed by atoms with Gasteiger partial charge in [0.05, 0.1) is 6.61 Å². The number of ether oxygens (including phenoxy) is 1. The molecule has 21 heavy (non-hydrogen) atoms. The zero-order valence-electron chi connectivity index (χ0n) is 12.6. The second kappa shape index (κ2) is 7.11. The monoisotopic (exact) mass is 290 g/mol. The van der Waals surface area contributed by atoms with E-state index in [0.29, 0.717) is 32.5 Å². The van der Waals surface area contributed by atoms with E-state index in [0.717, 1.165) is 11.3 Å². The minimum atomic E-state index is -0.283. The second-order valence-electron chi connectivity index (χ2n) is 5.32. The van der Waals surface area contributed by atoms with E-state index in [4.69, 9.17) is 4.74 Å². The maximum Gasteiger partial charge on any atom is 0.409 e. The van der Waals surface area contributed by atoms with Crippen molar-refractivity contribution in [2.24, 2.45) is 5.92 Å². The van der Waals surface area contributed by atoms with Crippen LogP contribution < -0.4 is 5.32 Å². The average Bonchev–Trinajstić information content (AvgIpc) is 2.50. The molecule has 1 aliphatic heterocycles. The molecule has 1 heterocycles. The summed E-state index contributed by atoms with van der Waals surface area (Å²) in [5.74, 6) is -0.0145. The predicted molar refractivity (Wildman–Crippen MR) is 81.1 cm³/mol. The summed E-state index contributed by atoms with van der Waals surface area (Å²) >= 11 is 0. The van der Waals surface area contributed by atoms with Gasteiger partial charge in [-0.1, -0.05) is 17.7 Å². The van der Waals surface area contributed by atoms with E-state index < -0.39 is 0 Å². The zero-order valence-corrected chi connectivity index (χ0v) is 12.6. The fourth-order valence-corrected chi connectivity index (χ4v) is 2.42. The van der Waals surface area contributed by atoms with Gasteiger partial charge in [0.15, 0.2) is 0 Å². The lowest BCUT2D eigenvalue weighted by atomic mass is 9.96. The third-order valence-corrected chi connectivity index (χ3v) is 3.71. The molecule has 114 valence electrons. The standard InChI is InChI=1S/C16H22N2O3/c1-3-21-16(20)18-10-8-13(9-11-18)15(19)17-14-6-4-12(2)5-7-14/h4-7,13H,3,8-11H2,1-2H3,(H,17,19). The highest BCUT2D eigenvalue weighted by molar-refractivity contribution is 5.92. The number of anilines is 1. The Morgan fingerprint density at radius 3 is 2.43 bits per heavy atom. The van der Waals surface area contributed by atoms with E-state index in [1.165, 1.54) is 0 Å². The highest BCUT2D eigenvalue weighted by Gasteiger charge is 2.27. The minimum absolute atomic E-state index is 0.0300. The first-order valence-corrected chi connectivity index (χ1v) is 7.39. The molecule has 0 unspecified atom stereocenters. The maximum absolute atomic E-state index is 12.2. The third-order valence-electron chi connectivity index (χ3n) is 3.71. The first-order valence-electron chi connectivity index (χ1n) is 7.39. The molecule has 0 bridgehead atoms. The van der Waals surface area contributed by atoms with Gasteiger partial charge >= 0.3 is 6.09 Å². The lowest BCUT2D eigenvalue weighted by Gasteiger charge is -2.30. The third kappa shape index (κ3) is 4.21. The predicted octanol–water partition coefficient (Wildman–Crippen LogP) is 2.80. The van der Waals surface area contributed by atoms with E-state index >= 15 is 0 Å². The highest BCUT2D eigenvalue weighted by atomic mass is 16.6. The van der Waals surface area contributed by atoms with Crippen LogP contribution in [0.1, 0.15) is 25.3 Å². The molecule has 5 heteroatoms. The van der Waals surface area contributed by atoms with Crippen LogP contribution in [-0.2, 0) is 9.53 Å². The van der Waals surface area contributed by atoms with Crippen LogP contribution in [0.2, 0.25) is 0 Å². The van der Waals surface area contributed by atoms with Crippen molar-refractivity contribution in [3.63, 3.8) is 0 Å². The molecule has 0 spiro atoms. The smallest absolute Gasteiger partial charge is 0.409 e. The van der Waals surface area contributed by atoms with Crippen molar-refractivity contribution in [3.8, 4) is 0 Å². The summed E-state index contributed by atoms with van der Waals surface area (Å²) in [4.78, 5) is 25.5. The number of hydrogen-bond donors (Lipinski definition) is 1. The lowest BCUT2D eigenvalue weighted by molar-refractivity contribution is -0.121. The average molecular weight is 290 g/mol. The number of rotatable bonds is 3. The van der Waals surface area contributed by atoms with Crippen LogP contribution in [0.5, 0.6) is 0 Å². The summed E-state index contributed by atoms with van der Waals surface area (Å²) in [6.45, 7) is 5.33. The number of carbonyl (C=O) groups is 2. The Labute approximate surface area is 125 Å². The number of nitrogens with one attached hydrogen (secondary N) is 1. The molecular formula is C16H22N2O3. The topological polar surface area (TPSA) is 58.6 Å². The fraction of sp³-hybridized carbons (Fsp3) is 0.500. The number of nitrogens with zero attached hydrogens (tertiary/aromatic N) is 1. The molecular weight excluding hydrogens is 268 g/mol. The molecule has 1 fully saturated rings. The number of likely N-dealkylation sites (tertiary alicyclic amines) is 1. The summed E-state index contributed by atoms with van der Waals surface area (Å²) < 4.78 is 4.97. The zero-order chi connectivity index (χ0) is 15.2. The molecule has 2 amide bonds. The van der Waals surface area contributed by atoms with Gasteiger partial charge in [-0.15, -0.1) is 0 Å². The number of benzene rings is 1. The van der Waals surface area contributed by atoms with Gasteiger partial charge < -0.3 is 15.0 Å². The Kier molecular flexibility index (Phi) is 5.20. The van der Waals surface area contributed by atoms with Crippen molar-refractivity contribution in [3.05, 3.63) is 29.8 Å². The first-order chi connectivity index (χ1) is 10.1. The van der Waals surface area contributed by atoms with Gasteiger partial charge in [0.25, 0.3) is 0 Å². The number of carbonyl (C=O) groups excluding carboxylic acids is 2. The Morgan fingerprint density at radius 1 is 1.24 bits per heavy atom. The Bertz CT molecular complexity index is 491. The van der Waals surface area contributed by atoms with Crippen molar-refractivity contribution in [1.29, 1.82) is 0 Å². The number of aryl methyl sites for hydroxylation is 1. The van der Waals surface area contributed by atoms with Crippen LogP contribution in [-0.4, -0.2) is 36.6 Å². The highest BCUT2D eigenvalue weighted by Crippen LogP contribution is 2.20. The van der Waals surface area contributed by atoms with Gasteiger partial charge in [-0.05, 0) is 38.8 Å². The van der Waals surface area contributed by atoms with E-state index in [1.807, 2.05) is 31.2 Å². The summed E-state index contributed by atoms with van der Waals surface area (Å²) in [7, 11) is 0. The maximum atomic E-state index is 12.2. The molecule has 1 N–H and O–H groups in total. The SMILES string of the molecule is CCOC(=O)N1CCC(C(=O)Nc2ccc(C)cc2)CC1. The lowest BCUT2D eigenvalue weighted by Crippen LogP contribution is -2.41. The van der Waals surface area contributed by atoms with E-state index in [-0.39, 0.29) is 17.9 Å². The molecule has 1 saturated heterocycles. The van der Waals surface area contributed by atoms with Crippen molar-refractivity contribution in [2.75, 3.05) is 25.0 Å². The fourth-order valence-electron chi connectivity index (χ4n) is 2.42. The minimum Gasteiger partial charge on any atom is -0.450 e. The van der Waals surface area contributed by atoms with Gasteiger partial charge in [-0.25, -0.2) is 4.79 Å². The number of hydrogen-bond acceptors (Lipinski definition) is 3. The van der Waals surface area contributed by atoms with Gasteiger partial charge in [0, 0.05) is 24.7 Å². The van der Waals surface area contributed by atoms with Gasteiger partial charge in [-0.3, -0.25) is 4.79 Å². The molecule has 0 atom stereocenters. The Morgan fingerprint density at radius 2 is 1.86 bits per heavy atom. The summed E-state index contributed by atoms with van der Waals surface area (Å²) in [6, 6.07) is 7.75. The molecule has 1 aromatic rings. The van der Waals surface area contributed by atoms with Crippen molar-refractivity contribution < 1.29 is 14.3 Å². The van der Waals surface area contributed by atoms with Gasteiger partial charge in [-0.2, -0.15) is 0 Å². The van der Waals surface area contributed by atoms with Crippen LogP contribution in [0.4, 0.5) is 10.5 Å². The van der Waals surface area contributed by atoms with E-state index in [1.54, 1.807) is 11.8 Å². The number of amides is 2. The van der Waals surface area contributed by atoms with Crippen LogP contribution >= 0.6 is 0 Å². The normalized spacial score (nSPS) is 15.6. The Hall–Kier alpha value is -2.04. The van der Waals surface area contributed by atoms with E-state index in [9.17, 15) is 9.59 Å². The second-order valence-corrected chi connectivity index (χ2v) is 5.32. The largest absolute Gasteiger partial charge is 0.450 e. The molecule has 0 radical (unpaired) electrons. The van der Waals surface area contributed by atoms with Crippen LogP contribution in [0.3, 0.4) is 0 Å². The molecule has 0 aromatic heterocycles. The quantitative estimate of drug-likeness (QED) is 0.931. The molecule has 0 aliphatic carbocycles. The van der Waals surface area contributed by atoms with E-state index in [2.05, 4.69) is 5.32 Å². The molecule has 2 rings (SSSR count). The molecule has 0 saturated carbocycles. The van der Waals surface area contributed by atoms with Crippen molar-refractivity contribution >= 4 is 17.7 Å². The van der Waals surface area contributed by atoms with Gasteiger partial charge in [0.2, 0.25) is 5.91 Å². The first kappa shape index (κ1) is 15.4. The summed E-state index contributed by atoms with van der Waals surface area (Å²) in [5.41, 5.74) is 1.98.